The zero-order valence-corrected chi connectivity index (χ0v) is 26.9. The van der Waals surface area contributed by atoms with Gasteiger partial charge in [0.15, 0.2) is 11.4 Å². The summed E-state index contributed by atoms with van der Waals surface area (Å²) in [5, 5.41) is 3.25. The van der Waals surface area contributed by atoms with Gasteiger partial charge in [0.2, 0.25) is 0 Å². The minimum Gasteiger partial charge on any atom is -0.455 e. The average molecular weight is 641 g/mol. The first-order valence-electron chi connectivity index (χ1n) is 16.7. The lowest BCUT2D eigenvalue weighted by atomic mass is 9.96. The molecule has 3 heterocycles. The van der Waals surface area contributed by atoms with Gasteiger partial charge in [0.1, 0.15) is 28.0 Å². The van der Waals surface area contributed by atoms with Crippen molar-refractivity contribution in [1.29, 1.82) is 0 Å². The summed E-state index contributed by atoms with van der Waals surface area (Å²) in [6.07, 6.45) is 0. The van der Waals surface area contributed by atoms with Gasteiger partial charge in [0, 0.05) is 32.8 Å². The molecule has 0 bridgehead atoms. The molecular formula is C46H28N2O2. The van der Waals surface area contributed by atoms with Crippen LogP contribution in [0.1, 0.15) is 0 Å². The molecule has 0 aliphatic rings. The molecule has 50 heavy (non-hydrogen) atoms. The molecule has 0 radical (unpaired) electrons. The second kappa shape index (κ2) is 11.4. The summed E-state index contributed by atoms with van der Waals surface area (Å²) in [5.74, 6) is 0.663. The third kappa shape index (κ3) is 4.69. The molecular weight excluding hydrogens is 613 g/mol. The number of benzene rings is 7. The predicted octanol–water partition coefficient (Wildman–Crippen LogP) is 12.6. The summed E-state index contributed by atoms with van der Waals surface area (Å²) in [7, 11) is 0. The van der Waals surface area contributed by atoms with Gasteiger partial charge >= 0.3 is 0 Å². The van der Waals surface area contributed by atoms with Crippen molar-refractivity contribution in [1.82, 2.24) is 9.97 Å². The van der Waals surface area contributed by atoms with Crippen LogP contribution in [0.15, 0.2) is 179 Å². The lowest BCUT2D eigenvalue weighted by Crippen LogP contribution is -1.94. The number of nitrogens with zero attached hydrogens (tertiary/aromatic N) is 2. The lowest BCUT2D eigenvalue weighted by molar-refractivity contribution is 0.667. The summed E-state index contributed by atoms with van der Waals surface area (Å²) in [4.78, 5) is 10.2. The van der Waals surface area contributed by atoms with Crippen molar-refractivity contribution in [2.75, 3.05) is 0 Å². The van der Waals surface area contributed by atoms with Gasteiger partial charge in [0.05, 0.1) is 0 Å². The molecule has 4 nitrogen and oxygen atoms in total. The number of rotatable bonds is 5. The first-order valence-corrected chi connectivity index (χ1v) is 16.7. The monoisotopic (exact) mass is 640 g/mol. The highest BCUT2D eigenvalue weighted by atomic mass is 16.3. The van der Waals surface area contributed by atoms with Crippen LogP contribution in [0.5, 0.6) is 0 Å². The Balaban J connectivity index is 1.02. The Morgan fingerprint density at radius 2 is 0.880 bits per heavy atom. The molecule has 0 saturated heterocycles. The molecule has 0 unspecified atom stereocenters. The maximum absolute atomic E-state index is 6.31. The van der Waals surface area contributed by atoms with Gasteiger partial charge in [-0.15, -0.1) is 0 Å². The predicted molar refractivity (Wildman–Crippen MR) is 204 cm³/mol. The quantitative estimate of drug-likeness (QED) is 0.188. The van der Waals surface area contributed by atoms with E-state index in [1.807, 2.05) is 48.5 Å². The Morgan fingerprint density at radius 3 is 1.66 bits per heavy atom. The summed E-state index contributed by atoms with van der Waals surface area (Å²) in [5.41, 5.74) is 13.6. The van der Waals surface area contributed by atoms with Crippen LogP contribution in [-0.2, 0) is 0 Å². The smallest absolute Gasteiger partial charge is 0.180 e. The van der Waals surface area contributed by atoms with E-state index < -0.39 is 0 Å². The molecule has 0 N–H and O–H groups in total. The van der Waals surface area contributed by atoms with Crippen molar-refractivity contribution in [3.8, 4) is 56.0 Å². The van der Waals surface area contributed by atoms with E-state index in [1.54, 1.807) is 0 Å². The molecule has 10 aromatic rings. The highest BCUT2D eigenvalue weighted by Crippen LogP contribution is 2.38. The minimum atomic E-state index is 0.663. The standard InChI is InChI=1S/C46H28N2O2/c1-2-11-31(12-3-1)42-45-43(39-18-5-7-22-41(39)50-45)48-46(47-42)35-16-9-15-34(28-35)33-14-8-13-32(27-33)29-23-25-30(26-24-29)36-19-10-20-38-37-17-4-6-21-40(37)49-44(36)38/h1-28H. The third-order valence-electron chi connectivity index (χ3n) is 9.52. The van der Waals surface area contributed by atoms with Gasteiger partial charge in [-0.25, -0.2) is 9.97 Å². The number of aromatic nitrogens is 2. The first-order chi connectivity index (χ1) is 24.8. The van der Waals surface area contributed by atoms with E-state index in [0.717, 1.165) is 88.6 Å². The van der Waals surface area contributed by atoms with Crippen LogP contribution >= 0.6 is 0 Å². The van der Waals surface area contributed by atoms with E-state index in [0.29, 0.717) is 11.4 Å². The van der Waals surface area contributed by atoms with Crippen molar-refractivity contribution in [2.24, 2.45) is 0 Å². The van der Waals surface area contributed by atoms with Crippen molar-refractivity contribution in [3.63, 3.8) is 0 Å². The van der Waals surface area contributed by atoms with Crippen molar-refractivity contribution >= 4 is 44.0 Å². The Labute approximate surface area is 287 Å². The number of para-hydroxylation sites is 3. The van der Waals surface area contributed by atoms with E-state index in [9.17, 15) is 0 Å². The molecule has 0 atom stereocenters. The Hall–Kier alpha value is -6.78. The third-order valence-corrected chi connectivity index (χ3v) is 9.52. The van der Waals surface area contributed by atoms with E-state index in [1.165, 1.54) is 0 Å². The number of furan rings is 2. The van der Waals surface area contributed by atoms with Gasteiger partial charge in [-0.1, -0.05) is 140 Å². The first kappa shape index (κ1) is 28.3. The van der Waals surface area contributed by atoms with Gasteiger partial charge in [0.25, 0.3) is 0 Å². The fourth-order valence-electron chi connectivity index (χ4n) is 7.04. The number of fused-ring (bicyclic) bond motifs is 6. The van der Waals surface area contributed by atoms with E-state index in [2.05, 4.69) is 121 Å². The summed E-state index contributed by atoms with van der Waals surface area (Å²) >= 11 is 0. The molecule has 0 saturated carbocycles. The number of hydrogen-bond donors (Lipinski definition) is 0. The normalized spacial score (nSPS) is 11.6. The second-order valence-corrected chi connectivity index (χ2v) is 12.6. The van der Waals surface area contributed by atoms with Crippen molar-refractivity contribution < 1.29 is 8.83 Å². The zero-order chi connectivity index (χ0) is 33.0. The molecule has 3 aromatic heterocycles. The van der Waals surface area contributed by atoms with Crippen LogP contribution in [0.4, 0.5) is 0 Å². The highest BCUT2D eigenvalue weighted by Gasteiger charge is 2.18. The van der Waals surface area contributed by atoms with Crippen LogP contribution in [0.2, 0.25) is 0 Å². The topological polar surface area (TPSA) is 52.1 Å². The maximum atomic E-state index is 6.31. The zero-order valence-electron chi connectivity index (χ0n) is 26.9. The van der Waals surface area contributed by atoms with Crippen LogP contribution in [0, 0.1) is 0 Å². The van der Waals surface area contributed by atoms with E-state index in [-0.39, 0.29) is 0 Å². The SMILES string of the molecule is c1ccc(-c2nc(-c3cccc(-c4cccc(-c5ccc(-c6cccc7c6oc6ccccc67)cc5)c4)c3)nc3c2oc2ccccc23)cc1. The van der Waals surface area contributed by atoms with Gasteiger partial charge in [-0.3, -0.25) is 0 Å². The number of hydrogen-bond acceptors (Lipinski definition) is 4. The van der Waals surface area contributed by atoms with Crippen molar-refractivity contribution in [3.05, 3.63) is 170 Å². The Bertz CT molecular complexity index is 2860. The summed E-state index contributed by atoms with van der Waals surface area (Å²) in [6.45, 7) is 0. The van der Waals surface area contributed by atoms with Gasteiger partial charge in [-0.2, -0.15) is 0 Å². The van der Waals surface area contributed by atoms with E-state index in [4.69, 9.17) is 18.8 Å². The van der Waals surface area contributed by atoms with Crippen LogP contribution in [0.25, 0.3) is 100 Å². The lowest BCUT2D eigenvalue weighted by Gasteiger charge is -2.10. The van der Waals surface area contributed by atoms with E-state index >= 15 is 0 Å². The molecule has 4 heteroatoms. The molecule has 0 aliphatic carbocycles. The second-order valence-electron chi connectivity index (χ2n) is 12.6. The fraction of sp³-hybridized carbons (Fsp3) is 0. The average Bonchev–Trinajstić information content (AvgIpc) is 3.77. The van der Waals surface area contributed by atoms with Gasteiger partial charge < -0.3 is 8.83 Å². The molecule has 234 valence electrons. The highest BCUT2D eigenvalue weighted by molar-refractivity contribution is 6.10. The molecule has 0 spiro atoms. The molecule has 0 aliphatic heterocycles. The van der Waals surface area contributed by atoms with Crippen LogP contribution < -0.4 is 0 Å². The molecule has 7 aromatic carbocycles. The minimum absolute atomic E-state index is 0.663. The maximum Gasteiger partial charge on any atom is 0.180 e. The Morgan fingerprint density at radius 1 is 0.340 bits per heavy atom. The summed E-state index contributed by atoms with van der Waals surface area (Å²) < 4.78 is 12.6. The Kier molecular flexibility index (Phi) is 6.46. The molecule has 0 amide bonds. The summed E-state index contributed by atoms with van der Waals surface area (Å²) in [6, 6.07) is 58.7. The molecule has 10 rings (SSSR count). The van der Waals surface area contributed by atoms with Crippen molar-refractivity contribution in [2.45, 2.75) is 0 Å². The van der Waals surface area contributed by atoms with Gasteiger partial charge in [-0.05, 0) is 58.1 Å². The fourth-order valence-corrected chi connectivity index (χ4v) is 7.04. The van der Waals surface area contributed by atoms with Crippen LogP contribution in [0.3, 0.4) is 0 Å². The molecule has 0 fully saturated rings. The van der Waals surface area contributed by atoms with Crippen LogP contribution in [-0.4, -0.2) is 9.97 Å². The largest absolute Gasteiger partial charge is 0.455 e.